The Bertz CT molecular complexity index is 493. The highest BCUT2D eigenvalue weighted by Gasteiger charge is 2.30. The Morgan fingerprint density at radius 2 is 2.10 bits per heavy atom. The van der Waals surface area contributed by atoms with Gasteiger partial charge in [0.15, 0.2) is 0 Å². The third-order valence-corrected chi connectivity index (χ3v) is 4.41. The Morgan fingerprint density at radius 3 is 2.75 bits per heavy atom. The summed E-state index contributed by atoms with van der Waals surface area (Å²) < 4.78 is 19.3. The van der Waals surface area contributed by atoms with E-state index in [1.165, 1.54) is 6.07 Å². The molecule has 0 amide bonds. The molecule has 1 N–H and O–H groups in total. The fourth-order valence-electron chi connectivity index (χ4n) is 2.75. The lowest BCUT2D eigenvalue weighted by molar-refractivity contribution is -0.0639. The summed E-state index contributed by atoms with van der Waals surface area (Å²) in [6.07, 6.45) is 1.83. The number of hydrogen-bond acceptors (Lipinski definition) is 2. The number of halogens is 3. The molecule has 0 saturated carbocycles. The van der Waals surface area contributed by atoms with Crippen LogP contribution in [0.25, 0.3) is 0 Å². The van der Waals surface area contributed by atoms with E-state index in [1.807, 2.05) is 6.92 Å². The normalized spacial score (nSPS) is 23.6. The fraction of sp³-hybridized carbons (Fsp3) is 0.600. The van der Waals surface area contributed by atoms with Crippen molar-refractivity contribution in [3.63, 3.8) is 0 Å². The Kier molecular flexibility index (Phi) is 4.96. The van der Waals surface area contributed by atoms with Crippen molar-refractivity contribution in [2.45, 2.75) is 51.3 Å². The second kappa shape index (κ2) is 6.18. The van der Waals surface area contributed by atoms with Crippen molar-refractivity contribution in [3.8, 4) is 0 Å². The maximum absolute atomic E-state index is 13.6. The number of hydrogen-bond donors (Lipinski definition) is 1. The molecular weight excluding hydrogens is 300 g/mol. The molecule has 2 atom stereocenters. The van der Waals surface area contributed by atoms with Crippen LogP contribution in [-0.4, -0.2) is 18.2 Å². The molecule has 0 bridgehead atoms. The molecule has 20 heavy (non-hydrogen) atoms. The number of benzene rings is 1. The van der Waals surface area contributed by atoms with Crippen LogP contribution in [0.4, 0.5) is 4.39 Å². The topological polar surface area (TPSA) is 21.3 Å². The molecule has 1 aromatic rings. The minimum atomic E-state index is -0.438. The summed E-state index contributed by atoms with van der Waals surface area (Å²) in [6.45, 7) is 6.83. The van der Waals surface area contributed by atoms with Gasteiger partial charge in [-0.25, -0.2) is 4.39 Å². The van der Waals surface area contributed by atoms with E-state index in [2.05, 4.69) is 19.2 Å². The number of rotatable bonds is 3. The van der Waals surface area contributed by atoms with Crippen molar-refractivity contribution in [1.82, 2.24) is 5.32 Å². The van der Waals surface area contributed by atoms with Crippen LogP contribution in [0.2, 0.25) is 10.0 Å². The van der Waals surface area contributed by atoms with Crippen molar-refractivity contribution in [2.75, 3.05) is 6.61 Å². The average molecular weight is 320 g/mol. The molecule has 0 radical (unpaired) electrons. The van der Waals surface area contributed by atoms with E-state index in [9.17, 15) is 4.39 Å². The average Bonchev–Trinajstić information content (AvgIpc) is 2.33. The second-order valence-electron chi connectivity index (χ2n) is 5.94. The lowest BCUT2D eigenvalue weighted by Gasteiger charge is -2.37. The zero-order valence-corrected chi connectivity index (χ0v) is 13.5. The molecule has 5 heteroatoms. The molecule has 0 aromatic heterocycles. The highest BCUT2D eigenvalue weighted by Crippen LogP contribution is 2.33. The molecule has 2 rings (SSSR count). The van der Waals surface area contributed by atoms with Crippen molar-refractivity contribution >= 4 is 23.2 Å². The van der Waals surface area contributed by atoms with Gasteiger partial charge >= 0.3 is 0 Å². The lowest BCUT2D eigenvalue weighted by Crippen LogP contribution is -2.44. The van der Waals surface area contributed by atoms with Crippen LogP contribution in [0.15, 0.2) is 12.1 Å². The number of ether oxygens (including phenoxy) is 1. The molecule has 0 spiro atoms. The summed E-state index contributed by atoms with van der Waals surface area (Å²) in [6, 6.07) is 3.04. The molecule has 1 heterocycles. The van der Waals surface area contributed by atoms with Crippen LogP contribution in [-0.2, 0) is 4.74 Å². The number of nitrogens with one attached hydrogen (secondary N) is 1. The molecular formula is C15H20Cl2FNO. The first kappa shape index (κ1) is 16.0. The van der Waals surface area contributed by atoms with Gasteiger partial charge in [-0.15, -0.1) is 0 Å². The van der Waals surface area contributed by atoms with E-state index in [1.54, 1.807) is 6.07 Å². The highest BCUT2D eigenvalue weighted by molar-refractivity contribution is 6.36. The smallest absolute Gasteiger partial charge is 0.142 e. The van der Waals surface area contributed by atoms with E-state index >= 15 is 0 Å². The Hall–Kier alpha value is -0.350. The first-order valence-corrected chi connectivity index (χ1v) is 7.59. The van der Waals surface area contributed by atoms with Crippen LogP contribution in [0.5, 0.6) is 0 Å². The van der Waals surface area contributed by atoms with Gasteiger partial charge in [0.05, 0.1) is 10.6 Å². The third-order valence-electron chi connectivity index (χ3n) is 3.70. The molecule has 1 aliphatic rings. The molecule has 1 fully saturated rings. The first-order chi connectivity index (χ1) is 9.30. The summed E-state index contributed by atoms with van der Waals surface area (Å²) in [5.74, 6) is -0.438. The largest absolute Gasteiger partial charge is 0.375 e. The van der Waals surface area contributed by atoms with Crippen LogP contribution in [0.3, 0.4) is 0 Å². The van der Waals surface area contributed by atoms with E-state index in [4.69, 9.17) is 27.9 Å². The summed E-state index contributed by atoms with van der Waals surface area (Å²) in [4.78, 5) is 0. The summed E-state index contributed by atoms with van der Waals surface area (Å²) in [7, 11) is 0. The zero-order valence-electron chi connectivity index (χ0n) is 12.0. The maximum Gasteiger partial charge on any atom is 0.142 e. The monoisotopic (exact) mass is 319 g/mol. The first-order valence-electron chi connectivity index (χ1n) is 6.83. The second-order valence-corrected chi connectivity index (χ2v) is 6.73. The van der Waals surface area contributed by atoms with E-state index in [-0.39, 0.29) is 16.7 Å². The summed E-state index contributed by atoms with van der Waals surface area (Å²) in [5.41, 5.74) is 0.489. The maximum atomic E-state index is 13.6. The van der Waals surface area contributed by atoms with Crippen molar-refractivity contribution in [3.05, 3.63) is 33.6 Å². The third kappa shape index (κ3) is 3.64. The van der Waals surface area contributed by atoms with E-state index in [0.717, 1.165) is 19.4 Å². The fourth-order valence-corrected chi connectivity index (χ4v) is 3.45. The van der Waals surface area contributed by atoms with Gasteiger partial charge in [0.1, 0.15) is 5.82 Å². The summed E-state index contributed by atoms with van der Waals surface area (Å²) in [5, 5.41) is 4.07. The van der Waals surface area contributed by atoms with Gasteiger partial charge in [-0.05, 0) is 45.7 Å². The lowest BCUT2D eigenvalue weighted by atomic mass is 9.93. The molecule has 2 nitrogen and oxygen atoms in total. The van der Waals surface area contributed by atoms with Gasteiger partial charge in [-0.2, -0.15) is 0 Å². The Morgan fingerprint density at radius 1 is 1.40 bits per heavy atom. The van der Waals surface area contributed by atoms with Crippen LogP contribution >= 0.6 is 23.2 Å². The predicted octanol–water partition coefficient (Wildman–Crippen LogP) is 4.74. The van der Waals surface area contributed by atoms with Gasteiger partial charge in [-0.3, -0.25) is 0 Å². The minimum Gasteiger partial charge on any atom is -0.375 e. The molecule has 112 valence electrons. The van der Waals surface area contributed by atoms with Gasteiger partial charge in [-0.1, -0.05) is 23.2 Å². The molecule has 2 unspecified atom stereocenters. The van der Waals surface area contributed by atoms with Gasteiger partial charge < -0.3 is 10.1 Å². The van der Waals surface area contributed by atoms with Gasteiger partial charge in [0.2, 0.25) is 0 Å². The quantitative estimate of drug-likeness (QED) is 0.812. The van der Waals surface area contributed by atoms with Crippen LogP contribution < -0.4 is 5.32 Å². The van der Waals surface area contributed by atoms with E-state index < -0.39 is 5.82 Å². The van der Waals surface area contributed by atoms with Crippen molar-refractivity contribution < 1.29 is 9.13 Å². The zero-order chi connectivity index (χ0) is 14.9. The highest BCUT2D eigenvalue weighted by atomic mass is 35.5. The van der Waals surface area contributed by atoms with Gasteiger partial charge in [0.25, 0.3) is 0 Å². The van der Waals surface area contributed by atoms with Gasteiger partial charge in [0, 0.05) is 29.3 Å². The standard InChI is InChI=1S/C15H20Cl2FNO/c1-9(13-11(16)4-5-12(18)14(13)17)19-10-6-7-20-15(2,3)8-10/h4-5,9-10,19H,6-8H2,1-3H3. The predicted molar refractivity (Wildman–Crippen MR) is 81.0 cm³/mol. The Balaban J connectivity index is 2.12. The molecule has 1 aromatic carbocycles. The van der Waals surface area contributed by atoms with Crippen molar-refractivity contribution in [2.24, 2.45) is 0 Å². The molecule has 1 saturated heterocycles. The minimum absolute atomic E-state index is 0.101. The van der Waals surface area contributed by atoms with Crippen LogP contribution in [0.1, 0.15) is 45.2 Å². The SMILES string of the molecule is CC(NC1CCOC(C)(C)C1)c1c(Cl)ccc(F)c1Cl. The summed E-state index contributed by atoms with van der Waals surface area (Å²) >= 11 is 12.2. The Labute approximate surface area is 129 Å². The van der Waals surface area contributed by atoms with E-state index in [0.29, 0.717) is 16.6 Å². The van der Waals surface area contributed by atoms with Crippen molar-refractivity contribution in [1.29, 1.82) is 0 Å². The van der Waals surface area contributed by atoms with Crippen LogP contribution in [0, 0.1) is 5.82 Å². The molecule has 0 aliphatic carbocycles. The molecule has 1 aliphatic heterocycles.